The minimum Gasteiger partial charge on any atom is -0.236 e. The van der Waals surface area contributed by atoms with Gasteiger partial charge in [-0.25, -0.2) is 9.67 Å². The van der Waals surface area contributed by atoms with E-state index in [1.807, 2.05) is 89.7 Å². The Balaban J connectivity index is 1.85. The first-order valence-corrected chi connectivity index (χ1v) is 9.43. The first-order valence-electron chi connectivity index (χ1n) is 9.06. The number of fused-ring (bicyclic) bond motifs is 1. The lowest BCUT2D eigenvalue weighted by molar-refractivity contribution is 0.901. The normalized spacial score (nSPS) is 11.0. The van der Waals surface area contributed by atoms with Crippen LogP contribution in [-0.4, -0.2) is 14.8 Å². The van der Waals surface area contributed by atoms with Gasteiger partial charge in [0.05, 0.1) is 11.1 Å². The number of aromatic nitrogens is 3. The third kappa shape index (κ3) is 2.86. The summed E-state index contributed by atoms with van der Waals surface area (Å²) in [4.78, 5) is 4.68. The molecule has 0 radical (unpaired) electrons. The Bertz CT molecular complexity index is 1240. The molecule has 3 aromatic carbocycles. The van der Waals surface area contributed by atoms with Crippen molar-refractivity contribution in [3.05, 3.63) is 102 Å². The maximum atomic E-state index is 6.10. The molecule has 0 saturated carbocycles. The van der Waals surface area contributed by atoms with Gasteiger partial charge in [0.25, 0.3) is 0 Å². The van der Waals surface area contributed by atoms with Crippen LogP contribution in [0.4, 0.5) is 0 Å². The number of pyridine rings is 1. The zero-order valence-corrected chi connectivity index (χ0v) is 15.7. The molecule has 0 aliphatic heterocycles. The summed E-state index contributed by atoms with van der Waals surface area (Å²) in [5, 5.41) is 6.71. The second kappa shape index (κ2) is 6.95. The van der Waals surface area contributed by atoms with Crippen LogP contribution in [0.2, 0.25) is 5.02 Å². The summed E-state index contributed by atoms with van der Waals surface area (Å²) in [6.07, 6.45) is 1.84. The number of rotatable bonds is 3. The zero-order chi connectivity index (χ0) is 18.9. The molecule has 0 fully saturated rings. The van der Waals surface area contributed by atoms with E-state index in [0.29, 0.717) is 0 Å². The Kier molecular flexibility index (Phi) is 4.15. The second-order valence-corrected chi connectivity index (χ2v) is 6.96. The molecule has 0 atom stereocenters. The third-order valence-corrected chi connectivity index (χ3v) is 5.02. The molecule has 4 heteroatoms. The van der Waals surface area contributed by atoms with Crippen LogP contribution in [-0.2, 0) is 0 Å². The molecule has 0 N–H and O–H groups in total. The first kappa shape index (κ1) is 16.7. The fourth-order valence-electron chi connectivity index (χ4n) is 3.46. The lowest BCUT2D eigenvalue weighted by Gasteiger charge is -2.06. The Labute approximate surface area is 167 Å². The molecule has 2 heterocycles. The molecule has 0 bridgehead atoms. The Morgan fingerprint density at radius 2 is 1.36 bits per heavy atom. The van der Waals surface area contributed by atoms with Crippen LogP contribution in [0.5, 0.6) is 0 Å². The molecule has 134 valence electrons. The molecule has 0 saturated heterocycles. The summed E-state index contributed by atoms with van der Waals surface area (Å²) in [6, 6.07) is 30.2. The van der Waals surface area contributed by atoms with Crippen molar-refractivity contribution in [2.24, 2.45) is 0 Å². The van der Waals surface area contributed by atoms with Crippen molar-refractivity contribution in [3.63, 3.8) is 0 Å². The fraction of sp³-hybridized carbons (Fsp3) is 0. The highest BCUT2D eigenvalue weighted by Crippen LogP contribution is 2.36. The summed E-state index contributed by atoms with van der Waals surface area (Å²) < 4.78 is 1.91. The smallest absolute Gasteiger partial charge is 0.164 e. The first-order chi connectivity index (χ1) is 13.8. The molecule has 2 aromatic heterocycles. The van der Waals surface area contributed by atoms with Gasteiger partial charge in [-0.3, -0.25) is 0 Å². The van der Waals surface area contributed by atoms with Crippen molar-refractivity contribution in [1.29, 1.82) is 0 Å². The number of halogens is 1. The van der Waals surface area contributed by atoms with Crippen LogP contribution in [0.3, 0.4) is 0 Å². The highest BCUT2D eigenvalue weighted by atomic mass is 35.5. The van der Waals surface area contributed by atoms with Crippen LogP contribution in [0.1, 0.15) is 0 Å². The molecule has 0 aliphatic rings. The Morgan fingerprint density at radius 3 is 2.07 bits per heavy atom. The van der Waals surface area contributed by atoms with E-state index < -0.39 is 0 Å². The van der Waals surface area contributed by atoms with Gasteiger partial charge in [0.1, 0.15) is 5.69 Å². The molecule has 5 rings (SSSR count). The SMILES string of the molecule is Clc1ccc(-c2ccnc3c2c(-c2ccccc2)nn3-c2ccccc2)cc1. The van der Waals surface area contributed by atoms with Gasteiger partial charge in [0, 0.05) is 16.8 Å². The van der Waals surface area contributed by atoms with E-state index in [-0.39, 0.29) is 0 Å². The van der Waals surface area contributed by atoms with Crippen LogP contribution >= 0.6 is 11.6 Å². The molecular weight excluding hydrogens is 366 g/mol. The van der Waals surface area contributed by atoms with Gasteiger partial charge in [-0.05, 0) is 41.5 Å². The molecule has 3 nitrogen and oxygen atoms in total. The quantitative estimate of drug-likeness (QED) is 0.361. The van der Waals surface area contributed by atoms with Gasteiger partial charge in [-0.15, -0.1) is 0 Å². The summed E-state index contributed by atoms with van der Waals surface area (Å²) in [5.74, 6) is 0. The highest BCUT2D eigenvalue weighted by Gasteiger charge is 2.18. The lowest BCUT2D eigenvalue weighted by Crippen LogP contribution is -1.97. The van der Waals surface area contributed by atoms with E-state index in [0.717, 1.165) is 44.1 Å². The van der Waals surface area contributed by atoms with Gasteiger partial charge >= 0.3 is 0 Å². The maximum Gasteiger partial charge on any atom is 0.164 e. The number of hydrogen-bond acceptors (Lipinski definition) is 2. The van der Waals surface area contributed by atoms with Crippen molar-refractivity contribution in [3.8, 4) is 28.1 Å². The molecule has 0 aliphatic carbocycles. The van der Waals surface area contributed by atoms with Crippen molar-refractivity contribution in [1.82, 2.24) is 14.8 Å². The monoisotopic (exact) mass is 381 g/mol. The van der Waals surface area contributed by atoms with Crippen molar-refractivity contribution in [2.45, 2.75) is 0 Å². The van der Waals surface area contributed by atoms with Crippen molar-refractivity contribution < 1.29 is 0 Å². The lowest BCUT2D eigenvalue weighted by atomic mass is 10.00. The Hall–Kier alpha value is -3.43. The minimum absolute atomic E-state index is 0.720. The maximum absolute atomic E-state index is 6.10. The minimum atomic E-state index is 0.720. The Morgan fingerprint density at radius 1 is 0.679 bits per heavy atom. The van der Waals surface area contributed by atoms with Crippen molar-refractivity contribution in [2.75, 3.05) is 0 Å². The molecule has 28 heavy (non-hydrogen) atoms. The average molecular weight is 382 g/mol. The fourth-order valence-corrected chi connectivity index (χ4v) is 3.59. The van der Waals surface area contributed by atoms with Crippen molar-refractivity contribution >= 4 is 22.6 Å². The van der Waals surface area contributed by atoms with E-state index >= 15 is 0 Å². The van der Waals surface area contributed by atoms with Crippen LogP contribution in [0.15, 0.2) is 97.2 Å². The van der Waals surface area contributed by atoms with Gasteiger partial charge < -0.3 is 0 Å². The topological polar surface area (TPSA) is 30.7 Å². The van der Waals surface area contributed by atoms with E-state index in [2.05, 4.69) is 17.1 Å². The summed E-state index contributed by atoms with van der Waals surface area (Å²) in [6.45, 7) is 0. The number of benzene rings is 3. The average Bonchev–Trinajstić information content (AvgIpc) is 3.16. The van der Waals surface area contributed by atoms with Gasteiger partial charge in [-0.1, -0.05) is 72.3 Å². The molecule has 5 aromatic rings. The van der Waals surface area contributed by atoms with E-state index in [9.17, 15) is 0 Å². The van der Waals surface area contributed by atoms with Crippen LogP contribution in [0, 0.1) is 0 Å². The number of hydrogen-bond donors (Lipinski definition) is 0. The van der Waals surface area contributed by atoms with E-state index in [4.69, 9.17) is 16.7 Å². The molecular formula is C24H16ClN3. The standard InChI is InChI=1S/C24H16ClN3/c25-19-13-11-17(12-14-19)21-15-16-26-24-22(21)23(18-7-3-1-4-8-18)27-28(24)20-9-5-2-6-10-20/h1-16H. The largest absolute Gasteiger partial charge is 0.236 e. The molecule has 0 unspecified atom stereocenters. The van der Waals surface area contributed by atoms with E-state index in [1.165, 1.54) is 0 Å². The zero-order valence-electron chi connectivity index (χ0n) is 15.0. The van der Waals surface area contributed by atoms with Gasteiger partial charge in [-0.2, -0.15) is 5.10 Å². The summed E-state index contributed by atoms with van der Waals surface area (Å²) in [7, 11) is 0. The third-order valence-electron chi connectivity index (χ3n) is 4.77. The predicted octanol–water partition coefficient (Wildman–Crippen LogP) is 6.41. The summed E-state index contributed by atoms with van der Waals surface area (Å²) >= 11 is 6.10. The highest BCUT2D eigenvalue weighted by molar-refractivity contribution is 6.30. The predicted molar refractivity (Wildman–Crippen MR) is 115 cm³/mol. The molecule has 0 amide bonds. The number of para-hydroxylation sites is 1. The van der Waals surface area contributed by atoms with Gasteiger partial charge in [0.2, 0.25) is 0 Å². The second-order valence-electron chi connectivity index (χ2n) is 6.53. The van der Waals surface area contributed by atoms with Crippen LogP contribution in [0.25, 0.3) is 39.1 Å². The molecule has 0 spiro atoms. The van der Waals surface area contributed by atoms with E-state index in [1.54, 1.807) is 0 Å². The van der Waals surface area contributed by atoms with Gasteiger partial charge in [0.15, 0.2) is 5.65 Å². The number of nitrogens with zero attached hydrogens (tertiary/aromatic N) is 3. The summed E-state index contributed by atoms with van der Waals surface area (Å²) in [5.41, 5.74) is 5.96. The van der Waals surface area contributed by atoms with Crippen LogP contribution < -0.4 is 0 Å².